The quantitative estimate of drug-likeness (QED) is 0.210. The molecule has 5 heterocycles. The summed E-state index contributed by atoms with van der Waals surface area (Å²) in [7, 11) is 0. The van der Waals surface area contributed by atoms with Gasteiger partial charge in [-0.25, -0.2) is 18.7 Å². The van der Waals surface area contributed by atoms with Crippen LogP contribution in [0.15, 0.2) is 60.1 Å². The van der Waals surface area contributed by atoms with Gasteiger partial charge in [0.25, 0.3) is 0 Å². The fraction of sp³-hybridized carbons (Fsp3) is 0.333. The van der Waals surface area contributed by atoms with E-state index < -0.39 is 0 Å². The van der Waals surface area contributed by atoms with E-state index in [1.807, 2.05) is 52.1 Å². The number of halogens is 2. The van der Waals surface area contributed by atoms with E-state index in [9.17, 15) is 14.0 Å². The number of fused-ring (bicyclic) bond motifs is 1. The summed E-state index contributed by atoms with van der Waals surface area (Å²) in [6.07, 6.45) is 3.38. The molecule has 0 bridgehead atoms. The van der Waals surface area contributed by atoms with Crippen molar-refractivity contribution in [2.75, 3.05) is 44.2 Å². The van der Waals surface area contributed by atoms with Crippen LogP contribution in [0.4, 0.5) is 14.5 Å². The van der Waals surface area contributed by atoms with E-state index in [1.54, 1.807) is 30.9 Å². The fourth-order valence-corrected chi connectivity index (χ4v) is 7.65. The third kappa shape index (κ3) is 5.77. The Morgan fingerprint density at radius 1 is 0.915 bits per heavy atom. The highest BCUT2D eigenvalue weighted by atomic mass is 32.1. The highest BCUT2D eigenvalue weighted by molar-refractivity contribution is 7.13. The fourth-order valence-electron chi connectivity index (χ4n) is 6.74. The highest BCUT2D eigenvalue weighted by Gasteiger charge is 2.34. The summed E-state index contributed by atoms with van der Waals surface area (Å²) in [5.41, 5.74) is 6.51. The van der Waals surface area contributed by atoms with Crippen molar-refractivity contribution in [3.8, 4) is 33.1 Å². The average molecular weight is 655 g/mol. The Bertz CT molecular complexity index is 1980. The molecule has 3 aromatic heterocycles. The first-order valence-corrected chi connectivity index (χ1v) is 16.9. The van der Waals surface area contributed by atoms with Gasteiger partial charge in [-0.15, -0.1) is 11.3 Å². The van der Waals surface area contributed by atoms with Crippen LogP contribution in [-0.2, 0) is 16.0 Å². The molecule has 11 heteroatoms. The molecule has 2 aliphatic heterocycles. The molecule has 0 spiro atoms. The van der Waals surface area contributed by atoms with Gasteiger partial charge in [-0.05, 0) is 67.8 Å². The van der Waals surface area contributed by atoms with Crippen LogP contribution in [0.5, 0.6) is 0 Å². The predicted octanol–water partition coefficient (Wildman–Crippen LogP) is 6.46. The topological polar surface area (TPSA) is 74.1 Å². The molecule has 0 aliphatic carbocycles. The molecule has 47 heavy (non-hydrogen) atoms. The summed E-state index contributed by atoms with van der Waals surface area (Å²) in [6.45, 7) is 9.08. The summed E-state index contributed by atoms with van der Waals surface area (Å²) in [5, 5.41) is 2.60. The zero-order valence-corrected chi connectivity index (χ0v) is 27.5. The summed E-state index contributed by atoms with van der Waals surface area (Å²) < 4.78 is 31.7. The number of carbonyl (C=O) groups is 2. The number of likely N-dealkylation sites (tertiary alicyclic amines) is 1. The molecule has 2 aliphatic rings. The maximum absolute atomic E-state index is 16.3. The van der Waals surface area contributed by atoms with E-state index in [2.05, 4.69) is 4.90 Å². The lowest BCUT2D eigenvalue weighted by Crippen LogP contribution is -2.50. The molecular formula is C36H36F2N6O2S. The Labute approximate surface area is 276 Å². The lowest BCUT2D eigenvalue weighted by molar-refractivity contribution is -0.135. The van der Waals surface area contributed by atoms with Crippen molar-refractivity contribution >= 4 is 34.5 Å². The molecule has 1 unspecified atom stereocenters. The molecular weight excluding hydrogens is 618 g/mol. The number of benzene rings is 2. The molecule has 2 aromatic carbocycles. The van der Waals surface area contributed by atoms with E-state index in [0.29, 0.717) is 61.8 Å². The molecule has 0 N–H and O–H groups in total. The minimum Gasteiger partial charge on any atom is -0.367 e. The Morgan fingerprint density at radius 3 is 2.36 bits per heavy atom. The molecule has 242 valence electrons. The Hall–Kier alpha value is -4.64. The van der Waals surface area contributed by atoms with Crippen LogP contribution in [0.1, 0.15) is 31.5 Å². The summed E-state index contributed by atoms with van der Waals surface area (Å²) in [5.74, 6) is -0.591. The number of imidazole rings is 1. The average Bonchev–Trinajstić information content (AvgIpc) is 3.85. The van der Waals surface area contributed by atoms with E-state index in [-0.39, 0.29) is 29.4 Å². The Morgan fingerprint density at radius 2 is 1.66 bits per heavy atom. The van der Waals surface area contributed by atoms with Gasteiger partial charge in [0.1, 0.15) is 22.3 Å². The third-order valence-electron chi connectivity index (χ3n) is 9.47. The first-order chi connectivity index (χ1) is 22.7. The van der Waals surface area contributed by atoms with Crippen LogP contribution in [0.25, 0.3) is 38.7 Å². The third-order valence-corrected chi connectivity index (χ3v) is 10.3. The molecule has 7 rings (SSSR count). The predicted molar refractivity (Wildman–Crippen MR) is 180 cm³/mol. The normalized spacial score (nSPS) is 16.8. The van der Waals surface area contributed by atoms with Gasteiger partial charge in [-0.2, -0.15) is 0 Å². The monoisotopic (exact) mass is 654 g/mol. The van der Waals surface area contributed by atoms with E-state index in [0.717, 1.165) is 46.0 Å². The smallest absolute Gasteiger partial charge is 0.227 e. The molecule has 8 nitrogen and oxygen atoms in total. The molecule has 5 aromatic rings. The number of aromatic nitrogens is 3. The number of anilines is 1. The summed E-state index contributed by atoms with van der Waals surface area (Å²) in [4.78, 5) is 40.4. The maximum atomic E-state index is 16.3. The van der Waals surface area contributed by atoms with Gasteiger partial charge in [0, 0.05) is 74.5 Å². The number of aryl methyl sites for hydroxylation is 1. The van der Waals surface area contributed by atoms with Crippen molar-refractivity contribution in [3.63, 3.8) is 0 Å². The van der Waals surface area contributed by atoms with Gasteiger partial charge in [0.15, 0.2) is 0 Å². The van der Waals surface area contributed by atoms with Crippen LogP contribution >= 0.6 is 11.3 Å². The molecule has 2 amide bonds. The van der Waals surface area contributed by atoms with Gasteiger partial charge in [-0.3, -0.25) is 14.0 Å². The van der Waals surface area contributed by atoms with Crippen molar-refractivity contribution in [1.29, 1.82) is 0 Å². The van der Waals surface area contributed by atoms with Crippen molar-refractivity contribution in [2.45, 2.75) is 33.6 Å². The number of hydrogen-bond acceptors (Lipinski definition) is 6. The molecule has 2 saturated heterocycles. The number of hydrogen-bond donors (Lipinski definition) is 0. The summed E-state index contributed by atoms with van der Waals surface area (Å²) >= 11 is 1.43. The molecule has 0 saturated carbocycles. The Kier molecular flexibility index (Phi) is 8.25. The largest absolute Gasteiger partial charge is 0.367 e. The zero-order valence-electron chi connectivity index (χ0n) is 26.7. The van der Waals surface area contributed by atoms with Crippen molar-refractivity contribution in [2.24, 2.45) is 5.92 Å². The highest BCUT2D eigenvalue weighted by Crippen LogP contribution is 2.37. The number of carbonyl (C=O) groups excluding carboxylic acids is 2. The van der Waals surface area contributed by atoms with E-state index in [4.69, 9.17) is 9.97 Å². The zero-order chi connectivity index (χ0) is 32.8. The number of pyridine rings is 1. The molecule has 2 fully saturated rings. The number of thiazole rings is 1. The van der Waals surface area contributed by atoms with Crippen LogP contribution < -0.4 is 4.90 Å². The van der Waals surface area contributed by atoms with Crippen LogP contribution in [0.3, 0.4) is 0 Å². The second kappa shape index (κ2) is 12.5. The number of nitrogens with zero attached hydrogens (tertiary/aromatic N) is 6. The van der Waals surface area contributed by atoms with Crippen LogP contribution in [0.2, 0.25) is 0 Å². The van der Waals surface area contributed by atoms with Gasteiger partial charge < -0.3 is 14.7 Å². The number of amides is 2. The van der Waals surface area contributed by atoms with Crippen LogP contribution in [-0.4, -0.2) is 75.3 Å². The number of piperazine rings is 1. The van der Waals surface area contributed by atoms with Gasteiger partial charge in [-0.1, -0.05) is 13.0 Å². The minimum atomic E-state index is -0.315. The van der Waals surface area contributed by atoms with Gasteiger partial charge >= 0.3 is 0 Å². The molecule has 1 atom stereocenters. The SMILES string of the molecule is CCc1nc2ccc(N3CCN(C(=O)C4CCN(C(C)=O)C4)CC3)cn2c1-c1ccc(-c2nc(-c3ccc(F)cc3)cs2)c(C)c1F. The maximum Gasteiger partial charge on any atom is 0.227 e. The molecule has 0 radical (unpaired) electrons. The lowest BCUT2D eigenvalue weighted by atomic mass is 10.0. The second-order valence-electron chi connectivity index (χ2n) is 12.3. The summed E-state index contributed by atoms with van der Waals surface area (Å²) in [6, 6.07) is 13.9. The van der Waals surface area contributed by atoms with Crippen molar-refractivity contribution < 1.29 is 18.4 Å². The van der Waals surface area contributed by atoms with Crippen molar-refractivity contribution in [3.05, 3.63) is 83.0 Å². The van der Waals surface area contributed by atoms with Gasteiger partial charge in [0.05, 0.1) is 28.7 Å². The van der Waals surface area contributed by atoms with E-state index in [1.165, 1.54) is 23.5 Å². The van der Waals surface area contributed by atoms with Gasteiger partial charge in [0.2, 0.25) is 11.8 Å². The number of rotatable bonds is 6. The minimum absolute atomic E-state index is 0.0215. The van der Waals surface area contributed by atoms with Crippen LogP contribution in [0, 0.1) is 24.5 Å². The first kappa shape index (κ1) is 31.0. The van der Waals surface area contributed by atoms with E-state index >= 15 is 4.39 Å². The Balaban J connectivity index is 1.13. The standard InChI is InChI=1S/C36H36F2N6O2S/c1-4-30-34(29-11-10-28(22(2)33(29)38)35-40-31(21-47-35)24-5-7-26(37)8-6-24)44-20-27(9-12-32(44)39-30)41-15-17-42(18-16-41)36(46)25-13-14-43(19-25)23(3)45/h5-12,20-21,25H,4,13-19H2,1-3H3. The van der Waals surface area contributed by atoms with Crippen molar-refractivity contribution in [1.82, 2.24) is 24.2 Å². The second-order valence-corrected chi connectivity index (χ2v) is 13.1. The lowest BCUT2D eigenvalue weighted by Gasteiger charge is -2.37. The first-order valence-electron chi connectivity index (χ1n) is 16.0.